The number of nitrogens with zero attached hydrogens (tertiary/aromatic N) is 6. The first kappa shape index (κ1) is 24.0. The summed E-state index contributed by atoms with van der Waals surface area (Å²) in [5.41, 5.74) is 1.93. The molecule has 0 aliphatic carbocycles. The second-order valence-electron chi connectivity index (χ2n) is 9.54. The zero-order valence-electron chi connectivity index (χ0n) is 20.7. The molecule has 0 unspecified atom stereocenters. The number of anilines is 1. The van der Waals surface area contributed by atoms with Gasteiger partial charge in [-0.25, -0.2) is 9.50 Å². The van der Waals surface area contributed by atoms with Crippen molar-refractivity contribution in [3.05, 3.63) is 30.5 Å². The number of hydrogen-bond acceptors (Lipinski definition) is 8. The van der Waals surface area contributed by atoms with Crippen molar-refractivity contribution in [2.45, 2.75) is 19.3 Å². The molecule has 0 bridgehead atoms. The quantitative estimate of drug-likeness (QED) is 0.479. The van der Waals surface area contributed by atoms with E-state index in [1.807, 2.05) is 35.0 Å². The third-order valence-electron chi connectivity index (χ3n) is 7.03. The van der Waals surface area contributed by atoms with E-state index in [-0.39, 0.29) is 11.8 Å². The van der Waals surface area contributed by atoms with Gasteiger partial charge in [0.2, 0.25) is 16.0 Å². The summed E-state index contributed by atoms with van der Waals surface area (Å²) in [7, 11) is 3.84. The Balaban J connectivity index is 1.13. The molecule has 35 heavy (non-hydrogen) atoms. The lowest BCUT2D eigenvalue weighted by Crippen LogP contribution is -2.46. The smallest absolute Gasteiger partial charge is 0.224 e. The van der Waals surface area contributed by atoms with Crippen LogP contribution in [0, 0.1) is 5.92 Å². The van der Waals surface area contributed by atoms with Gasteiger partial charge in [0.05, 0.1) is 24.9 Å². The van der Waals surface area contributed by atoms with Gasteiger partial charge in [-0.3, -0.25) is 4.79 Å². The van der Waals surface area contributed by atoms with Crippen LogP contribution < -0.4 is 15.0 Å². The summed E-state index contributed by atoms with van der Waals surface area (Å²) >= 11 is 1.58. The largest absolute Gasteiger partial charge is 0.497 e. The Kier molecular flexibility index (Phi) is 7.50. The van der Waals surface area contributed by atoms with Crippen molar-refractivity contribution in [2.75, 3.05) is 71.4 Å². The van der Waals surface area contributed by atoms with Gasteiger partial charge in [0.25, 0.3) is 0 Å². The van der Waals surface area contributed by atoms with E-state index in [9.17, 15) is 4.79 Å². The van der Waals surface area contributed by atoms with Gasteiger partial charge in [-0.1, -0.05) is 11.3 Å². The van der Waals surface area contributed by atoms with Gasteiger partial charge in [0.15, 0.2) is 0 Å². The lowest BCUT2D eigenvalue weighted by molar-refractivity contribution is -0.125. The summed E-state index contributed by atoms with van der Waals surface area (Å²) < 4.78 is 7.09. The van der Waals surface area contributed by atoms with Crippen LogP contribution in [0.4, 0.5) is 5.13 Å². The molecule has 9 nitrogen and oxygen atoms in total. The number of piperazine rings is 1. The molecule has 188 valence electrons. The Hall–Kier alpha value is -2.69. The van der Waals surface area contributed by atoms with Gasteiger partial charge >= 0.3 is 0 Å². The molecular weight excluding hydrogens is 462 g/mol. The zero-order valence-corrected chi connectivity index (χ0v) is 21.5. The van der Waals surface area contributed by atoms with E-state index < -0.39 is 0 Å². The number of nitrogens with one attached hydrogen (secondary N) is 1. The minimum Gasteiger partial charge on any atom is -0.497 e. The number of imidazole rings is 1. The summed E-state index contributed by atoms with van der Waals surface area (Å²) in [5, 5.41) is 8.89. The van der Waals surface area contributed by atoms with E-state index in [0.29, 0.717) is 6.54 Å². The maximum absolute atomic E-state index is 12.8. The van der Waals surface area contributed by atoms with E-state index >= 15 is 0 Å². The maximum Gasteiger partial charge on any atom is 0.224 e. The second-order valence-corrected chi connectivity index (χ2v) is 10.5. The number of carbonyl (C=O) groups excluding carboxylic acids is 1. The number of piperidine rings is 1. The Labute approximate surface area is 210 Å². The van der Waals surface area contributed by atoms with Gasteiger partial charge in [0.1, 0.15) is 5.75 Å². The molecule has 3 aromatic rings. The van der Waals surface area contributed by atoms with Crippen LogP contribution in [-0.4, -0.2) is 96.8 Å². The van der Waals surface area contributed by atoms with Crippen molar-refractivity contribution >= 4 is 27.3 Å². The molecular formula is C25H35N7O2S. The molecule has 0 radical (unpaired) electrons. The van der Waals surface area contributed by atoms with Crippen LogP contribution in [0.3, 0.4) is 0 Å². The minimum atomic E-state index is 0.0125. The van der Waals surface area contributed by atoms with Crippen molar-refractivity contribution < 1.29 is 9.53 Å². The number of rotatable bonds is 8. The number of likely N-dealkylation sites (N-methyl/N-ethyl adjacent to an activating group) is 1. The van der Waals surface area contributed by atoms with Gasteiger partial charge < -0.3 is 24.8 Å². The normalized spacial score (nSPS) is 19.8. The predicted octanol–water partition coefficient (Wildman–Crippen LogP) is 2.44. The molecule has 2 aromatic heterocycles. The molecule has 1 aromatic carbocycles. The number of fused-ring (bicyclic) bond motifs is 1. The fraction of sp³-hybridized carbons (Fsp3) is 0.560. The molecule has 0 saturated carbocycles. The summed E-state index contributed by atoms with van der Waals surface area (Å²) in [5.74, 6) is 1.02. The lowest BCUT2D eigenvalue weighted by Gasteiger charge is -2.32. The van der Waals surface area contributed by atoms with E-state index in [4.69, 9.17) is 14.8 Å². The van der Waals surface area contributed by atoms with Crippen molar-refractivity contribution in [2.24, 2.45) is 5.92 Å². The van der Waals surface area contributed by atoms with Gasteiger partial charge in [-0.15, -0.1) is 5.10 Å². The molecule has 2 aliphatic heterocycles. The van der Waals surface area contributed by atoms with Crippen LogP contribution in [0.15, 0.2) is 30.5 Å². The van der Waals surface area contributed by atoms with Crippen molar-refractivity contribution in [3.8, 4) is 17.0 Å². The second kappa shape index (κ2) is 10.9. The van der Waals surface area contributed by atoms with Crippen LogP contribution in [0.25, 0.3) is 16.2 Å². The Morgan fingerprint density at radius 1 is 1.17 bits per heavy atom. The first-order valence-corrected chi connectivity index (χ1v) is 13.3. The highest BCUT2D eigenvalue weighted by molar-refractivity contribution is 7.20. The average Bonchev–Trinajstić information content (AvgIpc) is 3.47. The minimum absolute atomic E-state index is 0.0125. The third kappa shape index (κ3) is 5.76. The highest BCUT2D eigenvalue weighted by Gasteiger charge is 2.28. The average molecular weight is 498 g/mol. The Bertz CT molecular complexity index is 1090. The Morgan fingerprint density at radius 2 is 1.97 bits per heavy atom. The molecule has 1 amide bonds. The molecule has 10 heteroatoms. The first-order chi connectivity index (χ1) is 17.1. The molecule has 1 atom stereocenters. The molecule has 2 saturated heterocycles. The van der Waals surface area contributed by atoms with E-state index in [0.717, 1.165) is 92.2 Å². The molecule has 4 heterocycles. The Morgan fingerprint density at radius 3 is 2.71 bits per heavy atom. The number of ether oxygens (including phenoxy) is 1. The molecule has 5 rings (SSSR count). The van der Waals surface area contributed by atoms with Crippen LogP contribution >= 0.6 is 11.3 Å². The number of aromatic nitrogens is 3. The third-order valence-corrected chi connectivity index (χ3v) is 8.01. The first-order valence-electron chi connectivity index (χ1n) is 12.5. The topological polar surface area (TPSA) is 78.2 Å². The van der Waals surface area contributed by atoms with E-state index in [2.05, 4.69) is 27.1 Å². The molecule has 1 N–H and O–H groups in total. The maximum atomic E-state index is 12.8. The number of methoxy groups -OCH3 is 1. The van der Waals surface area contributed by atoms with Gasteiger partial charge in [0, 0.05) is 51.4 Å². The summed E-state index contributed by atoms with van der Waals surface area (Å²) in [6, 6.07) is 7.89. The highest BCUT2D eigenvalue weighted by atomic mass is 32.1. The predicted molar refractivity (Wildman–Crippen MR) is 139 cm³/mol. The fourth-order valence-electron chi connectivity index (χ4n) is 4.81. The number of benzene rings is 1. The van der Waals surface area contributed by atoms with Gasteiger partial charge in [-0.05, 0) is 57.1 Å². The summed E-state index contributed by atoms with van der Waals surface area (Å²) in [4.78, 5) is 25.6. The molecule has 0 spiro atoms. The SMILES string of the molecule is COc1ccc(-c2cn3nc(N4CCC[C@@H](C(=O)NCCCN5CCN(C)CC5)C4)sc3n2)cc1. The molecule has 2 fully saturated rings. The lowest BCUT2D eigenvalue weighted by atomic mass is 9.97. The van der Waals surface area contributed by atoms with Crippen molar-refractivity contribution in [3.63, 3.8) is 0 Å². The number of amides is 1. The van der Waals surface area contributed by atoms with Crippen LogP contribution in [0.5, 0.6) is 5.75 Å². The molecule has 2 aliphatic rings. The van der Waals surface area contributed by atoms with Crippen molar-refractivity contribution in [1.82, 2.24) is 29.7 Å². The van der Waals surface area contributed by atoms with E-state index in [1.165, 1.54) is 0 Å². The zero-order chi connectivity index (χ0) is 24.2. The monoisotopic (exact) mass is 497 g/mol. The van der Waals surface area contributed by atoms with Crippen LogP contribution in [0.1, 0.15) is 19.3 Å². The number of hydrogen-bond donors (Lipinski definition) is 1. The van der Waals surface area contributed by atoms with E-state index in [1.54, 1.807) is 18.4 Å². The fourth-order valence-corrected chi connectivity index (χ4v) is 5.73. The van der Waals surface area contributed by atoms with Crippen LogP contribution in [-0.2, 0) is 4.79 Å². The highest BCUT2D eigenvalue weighted by Crippen LogP contribution is 2.30. The summed E-state index contributed by atoms with van der Waals surface area (Å²) in [6.45, 7) is 7.97. The number of carbonyl (C=O) groups is 1. The van der Waals surface area contributed by atoms with Gasteiger partial charge in [-0.2, -0.15) is 0 Å². The van der Waals surface area contributed by atoms with Crippen LogP contribution in [0.2, 0.25) is 0 Å². The van der Waals surface area contributed by atoms with Crippen molar-refractivity contribution in [1.29, 1.82) is 0 Å². The standard InChI is InChI=1S/C25H35N7O2S/c1-29-13-15-30(16-14-29)11-4-10-26-23(33)20-5-3-12-31(17-20)25-28-32-18-22(27-24(32)35-25)19-6-8-21(34-2)9-7-19/h6-9,18,20H,3-5,10-17H2,1-2H3,(H,26,33)/t20-/m1/s1. The summed E-state index contributed by atoms with van der Waals surface area (Å²) in [6.07, 6.45) is 4.90.